The van der Waals surface area contributed by atoms with Crippen molar-refractivity contribution in [1.29, 1.82) is 0 Å². The van der Waals surface area contributed by atoms with Gasteiger partial charge in [0.1, 0.15) is 0 Å². The second-order valence-corrected chi connectivity index (χ2v) is 4.98. The molecule has 0 atom stereocenters. The summed E-state index contributed by atoms with van der Waals surface area (Å²) in [6.07, 6.45) is 2.73. The molecule has 0 aromatic carbocycles. The van der Waals surface area contributed by atoms with Gasteiger partial charge in [-0.05, 0) is 24.8 Å². The Labute approximate surface area is 120 Å². The molecular formula is C13H16F2N4O2. The van der Waals surface area contributed by atoms with Crippen molar-refractivity contribution < 1.29 is 18.3 Å². The third kappa shape index (κ3) is 5.05. The first-order chi connectivity index (χ1) is 9.94. The van der Waals surface area contributed by atoms with Crippen LogP contribution < -0.4 is 10.5 Å². The van der Waals surface area contributed by atoms with Crippen LogP contribution in [0.25, 0.3) is 0 Å². The molecule has 0 unspecified atom stereocenters. The number of carbonyl (C=O) groups is 1. The van der Waals surface area contributed by atoms with E-state index >= 15 is 0 Å². The molecule has 1 fully saturated rings. The SMILES string of the molecule is NC(=O)Oc1nccc(C=NCC2CCC(F)(F)CC2)n1. The molecule has 2 N–H and O–H groups in total. The largest absolute Gasteiger partial charge is 0.412 e. The fraction of sp³-hybridized carbons (Fsp3) is 0.538. The van der Waals surface area contributed by atoms with Crippen molar-refractivity contribution in [2.45, 2.75) is 31.6 Å². The molecule has 114 valence electrons. The lowest BCUT2D eigenvalue weighted by Gasteiger charge is -2.26. The number of alkyl halides is 2. The Bertz CT molecular complexity index is 527. The van der Waals surface area contributed by atoms with Crippen LogP contribution >= 0.6 is 0 Å². The topological polar surface area (TPSA) is 90.5 Å². The quantitative estimate of drug-likeness (QED) is 0.862. The molecule has 1 saturated carbocycles. The van der Waals surface area contributed by atoms with E-state index in [1.54, 1.807) is 6.07 Å². The second-order valence-electron chi connectivity index (χ2n) is 4.98. The van der Waals surface area contributed by atoms with Gasteiger partial charge in [-0.15, -0.1) is 0 Å². The zero-order valence-corrected chi connectivity index (χ0v) is 11.3. The fourth-order valence-corrected chi connectivity index (χ4v) is 2.14. The van der Waals surface area contributed by atoms with Gasteiger partial charge in [0.05, 0.1) is 5.69 Å². The van der Waals surface area contributed by atoms with Crippen LogP contribution in [0.5, 0.6) is 6.01 Å². The molecule has 1 aliphatic rings. The molecule has 2 rings (SSSR count). The van der Waals surface area contributed by atoms with Crippen LogP contribution in [0.1, 0.15) is 31.4 Å². The minimum absolute atomic E-state index is 0.0721. The first-order valence-electron chi connectivity index (χ1n) is 6.62. The van der Waals surface area contributed by atoms with Gasteiger partial charge in [-0.2, -0.15) is 4.98 Å². The first kappa shape index (κ1) is 15.3. The lowest BCUT2D eigenvalue weighted by molar-refractivity contribution is -0.0446. The molecule has 21 heavy (non-hydrogen) atoms. The summed E-state index contributed by atoms with van der Waals surface area (Å²) in [5.74, 6) is -2.35. The number of nitrogens with zero attached hydrogens (tertiary/aromatic N) is 3. The summed E-state index contributed by atoms with van der Waals surface area (Å²) < 4.78 is 30.6. The highest BCUT2D eigenvalue weighted by Crippen LogP contribution is 2.36. The standard InChI is InChI=1S/C13H16F2N4O2/c14-13(15)4-1-9(2-5-13)7-17-8-10-3-6-18-12(19-10)21-11(16)20/h3,6,8-9H,1-2,4-5,7H2,(H2,16,20). The molecular weight excluding hydrogens is 282 g/mol. The Morgan fingerprint density at radius 3 is 2.90 bits per heavy atom. The number of hydrogen-bond donors (Lipinski definition) is 1. The van der Waals surface area contributed by atoms with Gasteiger partial charge in [-0.25, -0.2) is 18.6 Å². The summed E-state index contributed by atoms with van der Waals surface area (Å²) >= 11 is 0. The summed E-state index contributed by atoms with van der Waals surface area (Å²) in [7, 11) is 0. The molecule has 6 nitrogen and oxygen atoms in total. The summed E-state index contributed by atoms with van der Waals surface area (Å²) in [4.78, 5) is 22.4. The van der Waals surface area contributed by atoms with Gasteiger partial charge in [0.2, 0.25) is 5.92 Å². The number of rotatable bonds is 4. The third-order valence-corrected chi connectivity index (χ3v) is 3.27. The van der Waals surface area contributed by atoms with E-state index in [1.165, 1.54) is 12.4 Å². The molecule has 0 aliphatic heterocycles. The van der Waals surface area contributed by atoms with E-state index < -0.39 is 12.0 Å². The highest BCUT2D eigenvalue weighted by molar-refractivity contribution is 5.77. The number of aromatic nitrogens is 2. The lowest BCUT2D eigenvalue weighted by atomic mass is 9.87. The van der Waals surface area contributed by atoms with E-state index in [1.807, 2.05) is 0 Å². The predicted molar refractivity (Wildman–Crippen MR) is 71.6 cm³/mol. The Morgan fingerprint density at radius 2 is 2.24 bits per heavy atom. The molecule has 0 radical (unpaired) electrons. The van der Waals surface area contributed by atoms with Gasteiger partial charge >= 0.3 is 12.1 Å². The Hall–Kier alpha value is -2.12. The molecule has 1 heterocycles. The fourth-order valence-electron chi connectivity index (χ4n) is 2.14. The van der Waals surface area contributed by atoms with Crippen molar-refractivity contribution in [2.24, 2.45) is 16.6 Å². The monoisotopic (exact) mass is 298 g/mol. The van der Waals surface area contributed by atoms with E-state index in [2.05, 4.69) is 19.7 Å². The van der Waals surface area contributed by atoms with Crippen LogP contribution in [-0.4, -0.2) is 34.7 Å². The minimum atomic E-state index is -2.52. The average Bonchev–Trinajstić information content (AvgIpc) is 2.40. The van der Waals surface area contributed by atoms with Crippen LogP contribution in [0.15, 0.2) is 17.3 Å². The van der Waals surface area contributed by atoms with Gasteiger partial charge in [-0.1, -0.05) is 0 Å². The van der Waals surface area contributed by atoms with Crippen LogP contribution in [-0.2, 0) is 0 Å². The minimum Gasteiger partial charge on any atom is -0.374 e. The lowest BCUT2D eigenvalue weighted by Crippen LogP contribution is -2.25. The number of amides is 1. The van der Waals surface area contributed by atoms with Crippen molar-refractivity contribution in [2.75, 3.05) is 6.54 Å². The number of ether oxygens (including phenoxy) is 1. The molecule has 1 amide bonds. The zero-order chi connectivity index (χ0) is 15.3. The maximum absolute atomic E-state index is 13.0. The number of aliphatic imine (C=N–C) groups is 1. The molecule has 8 heteroatoms. The van der Waals surface area contributed by atoms with Crippen LogP contribution in [0, 0.1) is 5.92 Å². The van der Waals surface area contributed by atoms with E-state index in [-0.39, 0.29) is 24.8 Å². The highest BCUT2D eigenvalue weighted by Gasteiger charge is 2.34. The van der Waals surface area contributed by atoms with E-state index in [4.69, 9.17) is 5.73 Å². The normalized spacial score (nSPS) is 18.8. The van der Waals surface area contributed by atoms with E-state index in [0.29, 0.717) is 25.1 Å². The molecule has 1 aromatic rings. The molecule has 0 saturated heterocycles. The number of hydrogen-bond acceptors (Lipinski definition) is 5. The number of primary amides is 1. The Kier molecular flexibility index (Phi) is 4.77. The summed E-state index contributed by atoms with van der Waals surface area (Å²) in [6, 6.07) is 1.44. The van der Waals surface area contributed by atoms with Gasteiger partial charge in [0.25, 0.3) is 0 Å². The van der Waals surface area contributed by atoms with Crippen molar-refractivity contribution in [3.63, 3.8) is 0 Å². The van der Waals surface area contributed by atoms with Crippen molar-refractivity contribution >= 4 is 12.3 Å². The Morgan fingerprint density at radius 1 is 1.52 bits per heavy atom. The predicted octanol–water partition coefficient (Wildman–Crippen LogP) is 2.18. The van der Waals surface area contributed by atoms with Crippen molar-refractivity contribution in [3.8, 4) is 6.01 Å². The summed E-state index contributed by atoms with van der Waals surface area (Å²) in [6.45, 7) is 0.478. The van der Waals surface area contributed by atoms with E-state index in [0.717, 1.165) is 0 Å². The van der Waals surface area contributed by atoms with Gasteiger partial charge < -0.3 is 10.5 Å². The first-order valence-corrected chi connectivity index (χ1v) is 6.62. The summed E-state index contributed by atoms with van der Waals surface area (Å²) in [5, 5.41) is 0. The van der Waals surface area contributed by atoms with E-state index in [9.17, 15) is 13.6 Å². The maximum Gasteiger partial charge on any atom is 0.412 e. The number of nitrogens with two attached hydrogens (primary N) is 1. The van der Waals surface area contributed by atoms with Gasteiger partial charge in [0.15, 0.2) is 0 Å². The number of halogens is 2. The van der Waals surface area contributed by atoms with Crippen molar-refractivity contribution in [1.82, 2.24) is 9.97 Å². The van der Waals surface area contributed by atoms with Crippen LogP contribution in [0.4, 0.5) is 13.6 Å². The van der Waals surface area contributed by atoms with Crippen LogP contribution in [0.2, 0.25) is 0 Å². The van der Waals surface area contributed by atoms with Gasteiger partial charge in [0, 0.05) is 31.8 Å². The Balaban J connectivity index is 1.86. The molecule has 1 aliphatic carbocycles. The molecule has 1 aromatic heterocycles. The second kappa shape index (κ2) is 6.55. The van der Waals surface area contributed by atoms with Gasteiger partial charge in [-0.3, -0.25) is 4.99 Å². The maximum atomic E-state index is 13.0. The van der Waals surface area contributed by atoms with Crippen LogP contribution in [0.3, 0.4) is 0 Å². The molecule has 0 bridgehead atoms. The summed E-state index contributed by atoms with van der Waals surface area (Å²) in [5.41, 5.74) is 5.32. The van der Waals surface area contributed by atoms with Crippen molar-refractivity contribution in [3.05, 3.63) is 18.0 Å². The third-order valence-electron chi connectivity index (χ3n) is 3.27. The molecule has 0 spiro atoms. The number of carbonyl (C=O) groups excluding carboxylic acids is 1. The highest BCUT2D eigenvalue weighted by atomic mass is 19.3. The average molecular weight is 298 g/mol. The zero-order valence-electron chi connectivity index (χ0n) is 11.3. The smallest absolute Gasteiger partial charge is 0.374 e.